The van der Waals surface area contributed by atoms with Gasteiger partial charge in [0.15, 0.2) is 17.5 Å². The fourth-order valence-corrected chi connectivity index (χ4v) is 3.75. The van der Waals surface area contributed by atoms with E-state index in [2.05, 4.69) is 6.58 Å². The molecule has 0 bridgehead atoms. The average molecular weight is 410 g/mol. The van der Waals surface area contributed by atoms with Crippen molar-refractivity contribution in [1.82, 2.24) is 0 Å². The number of Topliss-reactive ketones (excluding diaryl/α,β-unsaturated/α-hetero) is 2. The maximum absolute atomic E-state index is 13.1. The molecule has 0 unspecified atom stereocenters. The molecular formula is C21H30O8. The van der Waals surface area contributed by atoms with E-state index in [1.807, 2.05) is 0 Å². The molecule has 8 heteroatoms. The average Bonchev–Trinajstić information content (AvgIpc) is 2.93. The number of ketones is 2. The zero-order valence-corrected chi connectivity index (χ0v) is 17.6. The number of carbonyl (C=O) groups excluding carboxylic acids is 4. The Morgan fingerprint density at radius 3 is 2.52 bits per heavy atom. The van der Waals surface area contributed by atoms with Gasteiger partial charge in [-0.25, -0.2) is 4.79 Å². The largest absolute Gasteiger partial charge is 0.455 e. The van der Waals surface area contributed by atoms with Crippen molar-refractivity contribution in [3.8, 4) is 0 Å². The molecule has 162 valence electrons. The lowest BCUT2D eigenvalue weighted by Crippen LogP contribution is -2.61. The van der Waals surface area contributed by atoms with Gasteiger partial charge in [-0.05, 0) is 13.3 Å². The van der Waals surface area contributed by atoms with Gasteiger partial charge in [0.05, 0.1) is 17.9 Å². The predicted octanol–water partition coefficient (Wildman–Crippen LogP) is 1.38. The van der Waals surface area contributed by atoms with Crippen LogP contribution in [0.15, 0.2) is 12.2 Å². The van der Waals surface area contributed by atoms with E-state index < -0.39 is 65.2 Å². The molecule has 0 aromatic rings. The van der Waals surface area contributed by atoms with E-state index in [-0.39, 0.29) is 18.4 Å². The van der Waals surface area contributed by atoms with Crippen LogP contribution in [-0.4, -0.2) is 59.6 Å². The summed E-state index contributed by atoms with van der Waals surface area (Å²) in [6.45, 7) is 10.2. The first-order valence-corrected chi connectivity index (χ1v) is 9.90. The van der Waals surface area contributed by atoms with E-state index in [4.69, 9.17) is 14.2 Å². The van der Waals surface area contributed by atoms with Crippen molar-refractivity contribution in [2.45, 2.75) is 70.9 Å². The van der Waals surface area contributed by atoms with Crippen LogP contribution >= 0.6 is 0 Å². The molecule has 2 fully saturated rings. The number of carbonyl (C=O) groups is 4. The molecule has 2 rings (SSSR count). The molecule has 29 heavy (non-hydrogen) atoms. The van der Waals surface area contributed by atoms with Crippen molar-refractivity contribution >= 4 is 23.5 Å². The van der Waals surface area contributed by atoms with Crippen LogP contribution in [0, 0.1) is 17.8 Å². The molecule has 1 saturated carbocycles. The predicted molar refractivity (Wildman–Crippen MR) is 102 cm³/mol. The monoisotopic (exact) mass is 410 g/mol. The van der Waals surface area contributed by atoms with Gasteiger partial charge in [-0.2, -0.15) is 0 Å². The number of ether oxygens (including phenoxy) is 3. The smallest absolute Gasteiger partial charge is 0.334 e. The van der Waals surface area contributed by atoms with E-state index >= 15 is 0 Å². The molecule has 1 aliphatic heterocycles. The number of hydrogen-bond donors (Lipinski definition) is 1. The van der Waals surface area contributed by atoms with E-state index in [9.17, 15) is 24.3 Å². The molecule has 1 heterocycles. The second-order valence-electron chi connectivity index (χ2n) is 8.06. The van der Waals surface area contributed by atoms with Crippen molar-refractivity contribution in [3.63, 3.8) is 0 Å². The first-order valence-electron chi connectivity index (χ1n) is 9.90. The Labute approximate surface area is 170 Å². The normalized spacial score (nSPS) is 34.1. The lowest BCUT2D eigenvalue weighted by atomic mass is 9.76. The van der Waals surface area contributed by atoms with Crippen molar-refractivity contribution in [3.05, 3.63) is 12.2 Å². The zero-order chi connectivity index (χ0) is 22.1. The summed E-state index contributed by atoms with van der Waals surface area (Å²) in [5.74, 6) is -4.93. The standard InChI is InChI=1S/C21H30O8/c1-7-10(2)19(24)29-18-17-14(12(4)20(25)28-17)9-15(22)13(5)21(18,26)16(23)8-11(3)27-6/h10-11,13-14,17-18,26H,4,7-9H2,1-3,5-6H3/t10-,11-,13+,14+,17-,18+,21-/m1/s1. The molecule has 0 aromatic heterocycles. The Balaban J connectivity index is 2.56. The topological polar surface area (TPSA) is 116 Å². The molecule has 1 aliphatic carbocycles. The molecule has 0 aromatic carbocycles. The third-order valence-corrected chi connectivity index (χ3v) is 6.23. The van der Waals surface area contributed by atoms with E-state index in [0.29, 0.717) is 6.42 Å². The van der Waals surface area contributed by atoms with Gasteiger partial charge in [-0.3, -0.25) is 14.4 Å². The second-order valence-corrected chi connectivity index (χ2v) is 8.06. The highest BCUT2D eigenvalue weighted by Crippen LogP contribution is 2.44. The summed E-state index contributed by atoms with van der Waals surface area (Å²) in [5.41, 5.74) is -2.28. The maximum atomic E-state index is 13.1. The molecule has 1 N–H and O–H groups in total. The van der Waals surface area contributed by atoms with Gasteiger partial charge in [0.25, 0.3) is 0 Å². The summed E-state index contributed by atoms with van der Waals surface area (Å²) in [4.78, 5) is 50.6. The summed E-state index contributed by atoms with van der Waals surface area (Å²) in [5, 5.41) is 11.6. The van der Waals surface area contributed by atoms with E-state index in [1.54, 1.807) is 20.8 Å². The van der Waals surface area contributed by atoms with Crippen LogP contribution < -0.4 is 0 Å². The Kier molecular flexibility index (Phi) is 7.01. The minimum Gasteiger partial charge on any atom is -0.455 e. The van der Waals surface area contributed by atoms with Gasteiger partial charge in [-0.15, -0.1) is 0 Å². The zero-order valence-electron chi connectivity index (χ0n) is 17.6. The first kappa shape index (κ1) is 23.2. The van der Waals surface area contributed by atoms with Crippen LogP contribution in [-0.2, 0) is 33.4 Å². The number of hydrogen-bond acceptors (Lipinski definition) is 8. The lowest BCUT2D eigenvalue weighted by Gasteiger charge is -2.39. The highest BCUT2D eigenvalue weighted by Gasteiger charge is 2.63. The number of rotatable bonds is 7. The minimum atomic E-state index is -2.35. The first-order chi connectivity index (χ1) is 13.5. The fraction of sp³-hybridized carbons (Fsp3) is 0.714. The van der Waals surface area contributed by atoms with Crippen molar-refractivity contribution < 1.29 is 38.5 Å². The van der Waals surface area contributed by atoms with Crippen LogP contribution in [0.25, 0.3) is 0 Å². The molecule has 0 radical (unpaired) electrons. The molecule has 0 spiro atoms. The van der Waals surface area contributed by atoms with Crippen LogP contribution in [0.3, 0.4) is 0 Å². The fourth-order valence-electron chi connectivity index (χ4n) is 3.75. The quantitative estimate of drug-likeness (QED) is 0.494. The Morgan fingerprint density at radius 1 is 1.34 bits per heavy atom. The SMILES string of the molecule is C=C1C(=O)O[C@@H]2[C@H]1CC(=O)[C@H](C)[C@@](O)(C(=O)C[C@@H](C)OC)[C@H]2OC(=O)[C@H](C)CC. The summed E-state index contributed by atoms with van der Waals surface area (Å²) < 4.78 is 16.0. The van der Waals surface area contributed by atoms with Gasteiger partial charge in [0, 0.05) is 31.4 Å². The van der Waals surface area contributed by atoms with Crippen molar-refractivity contribution in [1.29, 1.82) is 0 Å². The third-order valence-electron chi connectivity index (χ3n) is 6.23. The van der Waals surface area contributed by atoms with Gasteiger partial charge in [0.1, 0.15) is 11.9 Å². The van der Waals surface area contributed by atoms with Gasteiger partial charge in [-0.1, -0.05) is 27.4 Å². The molecule has 2 aliphatic rings. The minimum absolute atomic E-state index is 0.0714. The van der Waals surface area contributed by atoms with Gasteiger partial charge >= 0.3 is 11.9 Å². The molecule has 8 nitrogen and oxygen atoms in total. The molecule has 1 saturated heterocycles. The highest BCUT2D eigenvalue weighted by molar-refractivity contribution is 5.99. The number of aliphatic hydroxyl groups is 1. The summed E-state index contributed by atoms with van der Waals surface area (Å²) in [7, 11) is 1.42. The lowest BCUT2D eigenvalue weighted by molar-refractivity contribution is -0.199. The molecule has 0 amide bonds. The van der Waals surface area contributed by atoms with Gasteiger partial charge in [0.2, 0.25) is 0 Å². The number of esters is 2. The third kappa shape index (κ3) is 4.14. The Hall–Kier alpha value is -2.06. The Bertz CT molecular complexity index is 713. The summed E-state index contributed by atoms with van der Waals surface area (Å²) in [6.07, 6.45) is -3.07. The summed E-state index contributed by atoms with van der Waals surface area (Å²) in [6, 6.07) is 0. The maximum Gasteiger partial charge on any atom is 0.334 e. The van der Waals surface area contributed by atoms with Gasteiger partial charge < -0.3 is 19.3 Å². The van der Waals surface area contributed by atoms with E-state index in [1.165, 1.54) is 14.0 Å². The highest BCUT2D eigenvalue weighted by atomic mass is 16.6. The Morgan fingerprint density at radius 2 is 1.97 bits per heavy atom. The van der Waals surface area contributed by atoms with Crippen molar-refractivity contribution in [2.24, 2.45) is 17.8 Å². The van der Waals surface area contributed by atoms with E-state index in [0.717, 1.165) is 0 Å². The van der Waals surface area contributed by atoms with Crippen LogP contribution in [0.5, 0.6) is 0 Å². The summed E-state index contributed by atoms with van der Waals surface area (Å²) >= 11 is 0. The number of fused-ring (bicyclic) bond motifs is 1. The van der Waals surface area contributed by atoms with Crippen LogP contribution in [0.2, 0.25) is 0 Å². The molecular weight excluding hydrogens is 380 g/mol. The van der Waals surface area contributed by atoms with Crippen LogP contribution in [0.4, 0.5) is 0 Å². The van der Waals surface area contributed by atoms with Crippen LogP contribution in [0.1, 0.15) is 47.0 Å². The van der Waals surface area contributed by atoms with Crippen molar-refractivity contribution in [2.75, 3.05) is 7.11 Å². The second kappa shape index (κ2) is 8.75. The number of methoxy groups -OCH3 is 1. The molecule has 7 atom stereocenters.